The van der Waals surface area contributed by atoms with Crippen molar-refractivity contribution < 1.29 is 4.79 Å². The van der Waals surface area contributed by atoms with E-state index < -0.39 is 0 Å². The summed E-state index contributed by atoms with van der Waals surface area (Å²) in [7, 11) is 0. The van der Waals surface area contributed by atoms with Crippen LogP contribution in [0.3, 0.4) is 0 Å². The Kier molecular flexibility index (Phi) is 6.68. The Labute approximate surface area is 121 Å². The smallest absolute Gasteiger partial charge is 0.234 e. The molecule has 1 aliphatic rings. The molecule has 3 N–H and O–H groups in total. The minimum atomic E-state index is 0.115. The molecule has 0 saturated carbocycles. The highest BCUT2D eigenvalue weighted by Crippen LogP contribution is 2.06. The van der Waals surface area contributed by atoms with Gasteiger partial charge in [0.05, 0.1) is 17.6 Å². The first-order chi connectivity index (χ1) is 8.90. The van der Waals surface area contributed by atoms with E-state index in [0.717, 1.165) is 32.7 Å². The van der Waals surface area contributed by atoms with E-state index in [9.17, 15) is 4.79 Å². The molecule has 0 aromatic rings. The number of hydrogen-bond donors (Lipinski definition) is 2. The molecule has 0 spiro atoms. The number of piperazine rings is 1. The fraction of sp³-hybridized carbons (Fsp3) is 0.846. The molecule has 0 aromatic carbocycles. The van der Waals surface area contributed by atoms with E-state index >= 15 is 0 Å². The van der Waals surface area contributed by atoms with Gasteiger partial charge in [0.2, 0.25) is 5.91 Å². The zero-order valence-corrected chi connectivity index (χ0v) is 13.0. The Balaban J connectivity index is 2.26. The average Bonchev–Trinajstić information content (AvgIpc) is 2.36. The van der Waals surface area contributed by atoms with E-state index in [2.05, 4.69) is 29.0 Å². The summed E-state index contributed by atoms with van der Waals surface area (Å²) in [4.78, 5) is 16.7. The van der Waals surface area contributed by atoms with Crippen LogP contribution >= 0.6 is 12.2 Å². The van der Waals surface area contributed by atoms with E-state index in [1.54, 1.807) is 0 Å². The van der Waals surface area contributed by atoms with Crippen molar-refractivity contribution in [1.82, 2.24) is 15.1 Å². The molecule has 5 nitrogen and oxygen atoms in total. The lowest BCUT2D eigenvalue weighted by molar-refractivity contribution is -0.122. The van der Waals surface area contributed by atoms with Gasteiger partial charge in [-0.25, -0.2) is 0 Å². The van der Waals surface area contributed by atoms with Gasteiger partial charge in [-0.1, -0.05) is 26.1 Å². The van der Waals surface area contributed by atoms with Crippen LogP contribution in [0.1, 0.15) is 20.8 Å². The van der Waals surface area contributed by atoms with Gasteiger partial charge in [0.15, 0.2) is 0 Å². The summed E-state index contributed by atoms with van der Waals surface area (Å²) in [5.41, 5.74) is 5.66. The molecule has 0 bridgehead atoms. The number of thiocarbonyl (C=S) groups is 1. The molecular formula is C13H26N4OS. The molecule has 1 saturated heterocycles. The Morgan fingerprint density at radius 1 is 1.26 bits per heavy atom. The van der Waals surface area contributed by atoms with Gasteiger partial charge < -0.3 is 11.1 Å². The van der Waals surface area contributed by atoms with Crippen molar-refractivity contribution in [3.63, 3.8) is 0 Å². The summed E-state index contributed by atoms with van der Waals surface area (Å²) in [6, 6.07) is 0.145. The molecule has 6 heteroatoms. The first-order valence-electron chi connectivity index (χ1n) is 6.92. The molecule has 1 heterocycles. The number of carbonyl (C=O) groups is 1. The van der Waals surface area contributed by atoms with Crippen LogP contribution in [0, 0.1) is 5.92 Å². The van der Waals surface area contributed by atoms with Crippen LogP contribution in [0.5, 0.6) is 0 Å². The summed E-state index contributed by atoms with van der Waals surface area (Å²) in [6.45, 7) is 11.1. The normalized spacial score (nSPS) is 19.4. The number of amides is 1. The van der Waals surface area contributed by atoms with Crippen LogP contribution in [0.15, 0.2) is 0 Å². The summed E-state index contributed by atoms with van der Waals surface area (Å²) < 4.78 is 0. The molecule has 19 heavy (non-hydrogen) atoms. The largest absolute Gasteiger partial charge is 0.392 e. The fourth-order valence-corrected chi connectivity index (χ4v) is 2.21. The minimum absolute atomic E-state index is 0.115. The summed E-state index contributed by atoms with van der Waals surface area (Å²) in [6.07, 6.45) is 0. The lowest BCUT2D eigenvalue weighted by Gasteiger charge is -2.37. The second-order valence-corrected chi connectivity index (χ2v) is 6.06. The third kappa shape index (κ3) is 5.84. The van der Waals surface area contributed by atoms with Gasteiger partial charge in [-0.2, -0.15) is 0 Å². The van der Waals surface area contributed by atoms with Crippen LogP contribution in [-0.4, -0.2) is 66.0 Å². The number of rotatable bonds is 6. The number of nitrogens with one attached hydrogen (secondary N) is 1. The predicted octanol–water partition coefficient (Wildman–Crippen LogP) is 0.0508. The number of nitrogens with two attached hydrogens (primary N) is 1. The first-order valence-corrected chi connectivity index (χ1v) is 7.33. The molecule has 1 rings (SSSR count). The number of hydrogen-bond acceptors (Lipinski definition) is 4. The summed E-state index contributed by atoms with van der Waals surface area (Å²) in [5.74, 6) is 0.608. The lowest BCUT2D eigenvalue weighted by Crippen LogP contribution is -2.54. The fourth-order valence-electron chi connectivity index (χ4n) is 2.07. The zero-order valence-electron chi connectivity index (χ0n) is 12.2. The third-order valence-corrected chi connectivity index (χ3v) is 3.78. The van der Waals surface area contributed by atoms with E-state index in [-0.39, 0.29) is 11.9 Å². The van der Waals surface area contributed by atoms with Crippen LogP contribution < -0.4 is 11.1 Å². The molecule has 0 aromatic heterocycles. The number of nitrogens with zero attached hydrogens (tertiary/aromatic N) is 2. The molecule has 0 aliphatic carbocycles. The van der Waals surface area contributed by atoms with Crippen molar-refractivity contribution in [3.8, 4) is 0 Å². The first kappa shape index (κ1) is 16.3. The van der Waals surface area contributed by atoms with Crippen molar-refractivity contribution in [1.29, 1.82) is 0 Å². The van der Waals surface area contributed by atoms with Crippen molar-refractivity contribution in [2.24, 2.45) is 11.7 Å². The topological polar surface area (TPSA) is 61.6 Å². The van der Waals surface area contributed by atoms with Crippen LogP contribution in [0.2, 0.25) is 0 Å². The summed E-state index contributed by atoms with van der Waals surface area (Å²) >= 11 is 5.02. The van der Waals surface area contributed by atoms with E-state index in [0.29, 0.717) is 17.5 Å². The van der Waals surface area contributed by atoms with Gasteiger partial charge >= 0.3 is 0 Å². The van der Waals surface area contributed by atoms with Crippen molar-refractivity contribution in [3.05, 3.63) is 0 Å². The van der Waals surface area contributed by atoms with E-state index in [4.69, 9.17) is 18.0 Å². The van der Waals surface area contributed by atoms with Crippen molar-refractivity contribution >= 4 is 23.1 Å². The Bertz CT molecular complexity index is 314. The van der Waals surface area contributed by atoms with Crippen LogP contribution in [0.4, 0.5) is 0 Å². The molecule has 1 atom stereocenters. The van der Waals surface area contributed by atoms with Gasteiger partial charge in [-0.3, -0.25) is 14.6 Å². The average molecular weight is 286 g/mol. The Morgan fingerprint density at radius 3 is 2.32 bits per heavy atom. The maximum atomic E-state index is 11.7. The van der Waals surface area contributed by atoms with Crippen molar-refractivity contribution in [2.75, 3.05) is 39.3 Å². The highest BCUT2D eigenvalue weighted by atomic mass is 32.1. The molecule has 110 valence electrons. The highest BCUT2D eigenvalue weighted by Gasteiger charge is 2.23. The molecule has 0 radical (unpaired) electrons. The number of carbonyl (C=O) groups excluding carboxylic acids is 1. The SMILES string of the molecule is CC(C)CNC(=O)CN1CCN(C(C)C(N)=S)CC1. The van der Waals surface area contributed by atoms with Gasteiger partial charge in [0.25, 0.3) is 0 Å². The minimum Gasteiger partial charge on any atom is -0.392 e. The van der Waals surface area contributed by atoms with E-state index in [1.807, 2.05) is 6.92 Å². The van der Waals surface area contributed by atoms with Crippen LogP contribution in [0.25, 0.3) is 0 Å². The zero-order chi connectivity index (χ0) is 14.4. The monoisotopic (exact) mass is 286 g/mol. The molecule has 1 unspecified atom stereocenters. The Morgan fingerprint density at radius 2 is 1.84 bits per heavy atom. The Hall–Kier alpha value is -0.720. The molecular weight excluding hydrogens is 260 g/mol. The lowest BCUT2D eigenvalue weighted by atomic mass is 10.2. The maximum Gasteiger partial charge on any atom is 0.234 e. The molecule has 1 amide bonds. The van der Waals surface area contributed by atoms with Crippen molar-refractivity contribution in [2.45, 2.75) is 26.8 Å². The third-order valence-electron chi connectivity index (χ3n) is 3.44. The van der Waals surface area contributed by atoms with Gasteiger partial charge in [0.1, 0.15) is 0 Å². The highest BCUT2D eigenvalue weighted by molar-refractivity contribution is 7.80. The second kappa shape index (κ2) is 7.77. The summed E-state index contributed by atoms with van der Waals surface area (Å²) in [5, 5.41) is 2.95. The quantitative estimate of drug-likeness (QED) is 0.676. The second-order valence-electron chi connectivity index (χ2n) is 5.59. The predicted molar refractivity (Wildman–Crippen MR) is 82.1 cm³/mol. The molecule has 1 fully saturated rings. The standard InChI is InChI=1S/C13H26N4OS/c1-10(2)8-15-12(18)9-16-4-6-17(7-5-16)11(3)13(14)19/h10-11H,4-9H2,1-3H3,(H2,14,19)(H,15,18). The molecule has 1 aliphatic heterocycles. The van der Waals surface area contributed by atoms with Gasteiger partial charge in [-0.05, 0) is 12.8 Å². The van der Waals surface area contributed by atoms with Crippen LogP contribution in [-0.2, 0) is 4.79 Å². The maximum absolute atomic E-state index is 11.7. The van der Waals surface area contributed by atoms with E-state index in [1.165, 1.54) is 0 Å². The van der Waals surface area contributed by atoms with Gasteiger partial charge in [-0.15, -0.1) is 0 Å². The van der Waals surface area contributed by atoms with Gasteiger partial charge in [0, 0.05) is 32.7 Å².